The van der Waals surface area contributed by atoms with Gasteiger partial charge in [0.05, 0.1) is 17.5 Å². The lowest BCUT2D eigenvalue weighted by molar-refractivity contribution is 0.0993. The van der Waals surface area contributed by atoms with Crippen molar-refractivity contribution in [1.29, 1.82) is 0 Å². The SMILES string of the molecule is CSc1ncc2c(n1)C(c1cnn(C)c1)=CCC2=O. The fraction of sp³-hybridized carbons (Fsp3) is 0.231. The summed E-state index contributed by atoms with van der Waals surface area (Å²) in [6.45, 7) is 0. The minimum Gasteiger partial charge on any atom is -0.294 e. The zero-order chi connectivity index (χ0) is 13.4. The summed E-state index contributed by atoms with van der Waals surface area (Å²) in [6.07, 6.45) is 9.55. The molecular formula is C13H12N4OS. The van der Waals surface area contributed by atoms with Crippen LogP contribution >= 0.6 is 11.8 Å². The summed E-state index contributed by atoms with van der Waals surface area (Å²) in [5, 5.41) is 4.84. The third-order valence-electron chi connectivity index (χ3n) is 3.01. The number of carbonyl (C=O) groups excluding carboxylic acids is 1. The average Bonchev–Trinajstić information content (AvgIpc) is 2.85. The Morgan fingerprint density at radius 2 is 2.21 bits per heavy atom. The Hall–Kier alpha value is -1.95. The summed E-state index contributed by atoms with van der Waals surface area (Å²) >= 11 is 1.46. The number of Topliss-reactive ketones (excluding diaryl/α,β-unsaturated/α-hetero) is 1. The highest BCUT2D eigenvalue weighted by atomic mass is 32.2. The molecule has 0 spiro atoms. The molecule has 3 rings (SSSR count). The van der Waals surface area contributed by atoms with E-state index in [2.05, 4.69) is 15.1 Å². The summed E-state index contributed by atoms with van der Waals surface area (Å²) in [4.78, 5) is 20.6. The minimum atomic E-state index is 0.0651. The quantitative estimate of drug-likeness (QED) is 0.617. The van der Waals surface area contributed by atoms with Gasteiger partial charge in [-0.25, -0.2) is 9.97 Å². The molecule has 0 unspecified atom stereocenters. The second-order valence-corrected chi connectivity index (χ2v) is 5.04. The summed E-state index contributed by atoms with van der Waals surface area (Å²) in [5.74, 6) is 0.0651. The molecule has 2 aromatic rings. The second-order valence-electron chi connectivity index (χ2n) is 4.27. The highest BCUT2D eigenvalue weighted by Crippen LogP contribution is 2.30. The van der Waals surface area contributed by atoms with Crippen molar-refractivity contribution in [2.24, 2.45) is 7.05 Å². The van der Waals surface area contributed by atoms with Gasteiger partial charge < -0.3 is 0 Å². The van der Waals surface area contributed by atoms with Crippen molar-refractivity contribution in [2.45, 2.75) is 11.6 Å². The Morgan fingerprint density at radius 1 is 1.37 bits per heavy atom. The van der Waals surface area contributed by atoms with E-state index in [1.807, 2.05) is 25.6 Å². The fourth-order valence-electron chi connectivity index (χ4n) is 2.09. The van der Waals surface area contributed by atoms with Gasteiger partial charge in [0.1, 0.15) is 0 Å². The first-order valence-electron chi connectivity index (χ1n) is 5.83. The van der Waals surface area contributed by atoms with Gasteiger partial charge in [-0.05, 0) is 6.26 Å². The van der Waals surface area contributed by atoms with Crippen LogP contribution in [0.1, 0.15) is 28.0 Å². The van der Waals surface area contributed by atoms with E-state index in [-0.39, 0.29) is 5.78 Å². The van der Waals surface area contributed by atoms with Crippen LogP contribution in [0, 0.1) is 0 Å². The number of nitrogens with zero attached hydrogens (tertiary/aromatic N) is 4. The van der Waals surface area contributed by atoms with Gasteiger partial charge in [0.2, 0.25) is 0 Å². The second kappa shape index (κ2) is 4.62. The summed E-state index contributed by atoms with van der Waals surface area (Å²) in [5.41, 5.74) is 3.24. The predicted octanol–water partition coefficient (Wildman–Crippen LogP) is 1.95. The molecule has 0 aliphatic heterocycles. The third kappa shape index (κ3) is 2.08. The Bertz CT molecular complexity index is 690. The van der Waals surface area contributed by atoms with Gasteiger partial charge in [-0.1, -0.05) is 17.8 Å². The number of thioether (sulfide) groups is 1. The van der Waals surface area contributed by atoms with Gasteiger partial charge in [-0.3, -0.25) is 9.48 Å². The zero-order valence-corrected chi connectivity index (χ0v) is 11.4. The number of carbonyl (C=O) groups is 1. The van der Waals surface area contributed by atoms with Crippen molar-refractivity contribution in [3.63, 3.8) is 0 Å². The van der Waals surface area contributed by atoms with Gasteiger partial charge in [-0.15, -0.1) is 0 Å². The Labute approximate surface area is 114 Å². The Kier molecular flexibility index (Phi) is 2.94. The molecule has 1 aliphatic rings. The van der Waals surface area contributed by atoms with E-state index in [1.54, 1.807) is 17.1 Å². The molecule has 0 saturated carbocycles. The predicted molar refractivity (Wildman–Crippen MR) is 73.0 cm³/mol. The van der Waals surface area contributed by atoms with E-state index in [0.717, 1.165) is 11.1 Å². The molecule has 0 fully saturated rings. The van der Waals surface area contributed by atoms with Crippen molar-refractivity contribution in [3.05, 3.63) is 41.5 Å². The topological polar surface area (TPSA) is 60.7 Å². The van der Waals surface area contributed by atoms with Gasteiger partial charge >= 0.3 is 0 Å². The highest BCUT2D eigenvalue weighted by molar-refractivity contribution is 7.98. The van der Waals surface area contributed by atoms with Crippen molar-refractivity contribution >= 4 is 23.1 Å². The number of hydrogen-bond donors (Lipinski definition) is 0. The molecule has 5 nitrogen and oxygen atoms in total. The van der Waals surface area contributed by atoms with Crippen LogP contribution in [0.5, 0.6) is 0 Å². The highest BCUT2D eigenvalue weighted by Gasteiger charge is 2.23. The van der Waals surface area contributed by atoms with Crippen LogP contribution < -0.4 is 0 Å². The van der Waals surface area contributed by atoms with Gasteiger partial charge in [0.15, 0.2) is 10.9 Å². The van der Waals surface area contributed by atoms with Crippen LogP contribution in [0.25, 0.3) is 5.57 Å². The molecule has 0 N–H and O–H groups in total. The van der Waals surface area contributed by atoms with Crippen molar-refractivity contribution in [3.8, 4) is 0 Å². The molecule has 0 atom stereocenters. The first-order valence-corrected chi connectivity index (χ1v) is 7.05. The maximum absolute atomic E-state index is 11.9. The van der Waals surface area contributed by atoms with Crippen molar-refractivity contribution in [2.75, 3.05) is 6.26 Å². The molecule has 0 saturated heterocycles. The van der Waals surface area contributed by atoms with Gasteiger partial charge in [0, 0.05) is 37.0 Å². The van der Waals surface area contributed by atoms with Gasteiger partial charge in [-0.2, -0.15) is 5.10 Å². The summed E-state index contributed by atoms with van der Waals surface area (Å²) < 4.78 is 1.74. The molecule has 2 aromatic heterocycles. The van der Waals surface area contributed by atoms with E-state index in [1.165, 1.54) is 11.8 Å². The molecule has 19 heavy (non-hydrogen) atoms. The molecule has 0 bridgehead atoms. The Morgan fingerprint density at radius 3 is 2.89 bits per heavy atom. The molecule has 0 amide bonds. The van der Waals surface area contributed by atoms with Crippen molar-refractivity contribution < 1.29 is 4.79 Å². The average molecular weight is 272 g/mol. The lowest BCUT2D eigenvalue weighted by Crippen LogP contribution is -2.11. The summed E-state index contributed by atoms with van der Waals surface area (Å²) in [7, 11) is 1.87. The van der Waals surface area contributed by atoms with E-state index in [4.69, 9.17) is 0 Å². The molecule has 0 radical (unpaired) electrons. The van der Waals surface area contributed by atoms with Crippen LogP contribution in [-0.2, 0) is 7.05 Å². The van der Waals surface area contributed by atoms with E-state index >= 15 is 0 Å². The maximum Gasteiger partial charge on any atom is 0.187 e. The number of hydrogen-bond acceptors (Lipinski definition) is 5. The first kappa shape index (κ1) is 12.1. The fourth-order valence-corrected chi connectivity index (χ4v) is 2.43. The number of allylic oxidation sites excluding steroid dienone is 1. The van der Waals surface area contributed by atoms with E-state index in [0.29, 0.717) is 22.8 Å². The van der Waals surface area contributed by atoms with Crippen LogP contribution in [0.3, 0.4) is 0 Å². The molecule has 6 heteroatoms. The number of aryl methyl sites for hydroxylation is 1. The molecular weight excluding hydrogens is 260 g/mol. The van der Waals surface area contributed by atoms with Gasteiger partial charge in [0.25, 0.3) is 0 Å². The normalized spacial score (nSPS) is 14.2. The number of aromatic nitrogens is 4. The van der Waals surface area contributed by atoms with Crippen LogP contribution in [0.2, 0.25) is 0 Å². The standard InChI is InChI=1S/C13H12N4OS/c1-17-7-8(5-15-17)9-3-4-11(18)10-6-14-13(19-2)16-12(9)10/h3,5-7H,4H2,1-2H3. The lowest BCUT2D eigenvalue weighted by Gasteiger charge is -2.15. The Balaban J connectivity index is 2.16. The third-order valence-corrected chi connectivity index (χ3v) is 3.57. The molecule has 0 aromatic carbocycles. The zero-order valence-electron chi connectivity index (χ0n) is 10.6. The number of fused-ring (bicyclic) bond motifs is 1. The van der Waals surface area contributed by atoms with Crippen LogP contribution in [0.15, 0.2) is 29.8 Å². The summed E-state index contributed by atoms with van der Waals surface area (Å²) in [6, 6.07) is 0. The largest absolute Gasteiger partial charge is 0.294 e. The number of rotatable bonds is 2. The molecule has 96 valence electrons. The molecule has 1 aliphatic carbocycles. The maximum atomic E-state index is 11.9. The van der Waals surface area contributed by atoms with Crippen LogP contribution in [-0.4, -0.2) is 31.8 Å². The van der Waals surface area contributed by atoms with E-state index < -0.39 is 0 Å². The van der Waals surface area contributed by atoms with E-state index in [9.17, 15) is 4.79 Å². The monoisotopic (exact) mass is 272 g/mol. The smallest absolute Gasteiger partial charge is 0.187 e. The lowest BCUT2D eigenvalue weighted by atomic mass is 9.92. The van der Waals surface area contributed by atoms with Crippen LogP contribution in [0.4, 0.5) is 0 Å². The number of ketones is 1. The first-order chi connectivity index (χ1) is 9.19. The minimum absolute atomic E-state index is 0.0651. The molecule has 2 heterocycles. The van der Waals surface area contributed by atoms with Crippen molar-refractivity contribution in [1.82, 2.24) is 19.7 Å².